The van der Waals surface area contributed by atoms with Crippen molar-refractivity contribution in [1.29, 1.82) is 0 Å². The van der Waals surface area contributed by atoms with Crippen molar-refractivity contribution in [3.8, 4) is 11.5 Å². The fourth-order valence-electron chi connectivity index (χ4n) is 6.14. The molecule has 0 aromatic heterocycles. The summed E-state index contributed by atoms with van der Waals surface area (Å²) in [6.07, 6.45) is -1.29. The molecule has 4 unspecified atom stereocenters. The molecule has 3 heterocycles. The van der Waals surface area contributed by atoms with Crippen molar-refractivity contribution in [3.05, 3.63) is 94.1 Å². The van der Waals surface area contributed by atoms with Gasteiger partial charge in [-0.15, -0.1) is 0 Å². The molecule has 3 aromatic carbocycles. The number of anilines is 1. The van der Waals surface area contributed by atoms with E-state index in [0.29, 0.717) is 17.6 Å². The minimum absolute atomic E-state index is 0.226. The number of nitrogens with zero attached hydrogens (tertiary/aromatic N) is 2. The first-order chi connectivity index (χ1) is 19.6. The number of ketones is 1. The second-order valence-corrected chi connectivity index (χ2v) is 10.3. The van der Waals surface area contributed by atoms with Gasteiger partial charge in [-0.1, -0.05) is 35.9 Å². The predicted octanol–water partition coefficient (Wildman–Crippen LogP) is 5.77. The van der Waals surface area contributed by atoms with Crippen molar-refractivity contribution in [1.82, 2.24) is 4.90 Å². The summed E-state index contributed by atoms with van der Waals surface area (Å²) in [6.45, 7) is 0. The smallest absolute Gasteiger partial charge is 0.417 e. The van der Waals surface area contributed by atoms with Gasteiger partial charge in [0.25, 0.3) is 0 Å². The van der Waals surface area contributed by atoms with Crippen molar-refractivity contribution in [2.75, 3.05) is 19.1 Å². The fourth-order valence-corrected chi connectivity index (χ4v) is 6.37. The zero-order valence-electron chi connectivity index (χ0n) is 21.7. The van der Waals surface area contributed by atoms with E-state index in [4.69, 9.17) is 21.1 Å². The van der Waals surface area contributed by atoms with Gasteiger partial charge < -0.3 is 14.4 Å². The highest BCUT2D eigenvalue weighted by atomic mass is 35.5. The van der Waals surface area contributed by atoms with Gasteiger partial charge in [0.15, 0.2) is 17.3 Å². The molecule has 0 aliphatic carbocycles. The maximum atomic E-state index is 14.1. The summed E-state index contributed by atoms with van der Waals surface area (Å²) in [7, 11) is 2.89. The van der Waals surface area contributed by atoms with Crippen LogP contribution in [0.25, 0.3) is 6.08 Å². The second kappa shape index (κ2) is 9.66. The van der Waals surface area contributed by atoms with Crippen LogP contribution in [0.1, 0.15) is 33.1 Å². The first-order valence-corrected chi connectivity index (χ1v) is 13.0. The third kappa shape index (κ3) is 4.08. The molecule has 3 aliphatic rings. The molecule has 2 amide bonds. The molecule has 2 fully saturated rings. The van der Waals surface area contributed by atoms with Crippen LogP contribution in [0.4, 0.5) is 18.9 Å². The van der Waals surface area contributed by atoms with Gasteiger partial charge >= 0.3 is 6.18 Å². The number of rotatable bonds is 5. The van der Waals surface area contributed by atoms with Crippen molar-refractivity contribution in [2.24, 2.45) is 11.8 Å². The van der Waals surface area contributed by atoms with E-state index in [9.17, 15) is 27.6 Å². The van der Waals surface area contributed by atoms with Crippen molar-refractivity contribution >= 4 is 41.0 Å². The summed E-state index contributed by atoms with van der Waals surface area (Å²) < 4.78 is 51.6. The van der Waals surface area contributed by atoms with Gasteiger partial charge in [0.2, 0.25) is 11.8 Å². The molecule has 2 saturated heterocycles. The normalized spacial score (nSPS) is 22.9. The molecule has 0 N–H and O–H groups in total. The van der Waals surface area contributed by atoms with Crippen LogP contribution in [0.2, 0.25) is 5.02 Å². The monoisotopic (exact) mass is 582 g/mol. The maximum Gasteiger partial charge on any atom is 0.417 e. The molecule has 41 heavy (non-hydrogen) atoms. The van der Waals surface area contributed by atoms with Crippen LogP contribution in [0.5, 0.6) is 11.5 Å². The number of carbonyl (C=O) groups excluding carboxylic acids is 3. The number of benzene rings is 3. The van der Waals surface area contributed by atoms with Gasteiger partial charge in [-0.05, 0) is 53.6 Å². The number of amides is 2. The average Bonchev–Trinajstić information content (AvgIpc) is 3.44. The first-order valence-electron chi connectivity index (χ1n) is 12.6. The van der Waals surface area contributed by atoms with E-state index in [1.165, 1.54) is 26.4 Å². The highest BCUT2D eigenvalue weighted by Gasteiger charge is 2.64. The van der Waals surface area contributed by atoms with Gasteiger partial charge in [0, 0.05) is 11.8 Å². The molecule has 0 radical (unpaired) electrons. The van der Waals surface area contributed by atoms with Crippen LogP contribution in [0.15, 0.2) is 66.9 Å². The summed E-state index contributed by atoms with van der Waals surface area (Å²) in [6, 6.07) is 13.0. The topological polar surface area (TPSA) is 76.2 Å². The summed E-state index contributed by atoms with van der Waals surface area (Å²) in [4.78, 5) is 44.6. The average molecular weight is 583 g/mol. The van der Waals surface area contributed by atoms with E-state index in [1.54, 1.807) is 29.3 Å². The van der Waals surface area contributed by atoms with Crippen LogP contribution in [0.3, 0.4) is 0 Å². The van der Waals surface area contributed by atoms with Gasteiger partial charge in [0.05, 0.1) is 48.4 Å². The lowest BCUT2D eigenvalue weighted by Gasteiger charge is -2.35. The number of carbonyl (C=O) groups is 3. The Hall–Kier alpha value is -4.31. The number of ether oxygens (including phenoxy) is 2. The summed E-state index contributed by atoms with van der Waals surface area (Å²) in [5.74, 6) is -3.35. The fraction of sp³-hybridized carbons (Fsp3) is 0.233. The van der Waals surface area contributed by atoms with E-state index >= 15 is 0 Å². The zero-order valence-corrected chi connectivity index (χ0v) is 22.4. The van der Waals surface area contributed by atoms with E-state index in [-0.39, 0.29) is 11.3 Å². The molecule has 11 heteroatoms. The molecule has 0 bridgehead atoms. The molecular formula is C30H22ClF3N2O5. The van der Waals surface area contributed by atoms with Crippen LogP contribution in [-0.2, 0) is 15.8 Å². The Balaban J connectivity index is 1.48. The molecule has 0 saturated carbocycles. The Morgan fingerprint density at radius 3 is 2.32 bits per heavy atom. The third-order valence-corrected chi connectivity index (χ3v) is 8.24. The number of hydrogen-bond acceptors (Lipinski definition) is 6. The zero-order chi connectivity index (χ0) is 29.2. The molecule has 4 atom stereocenters. The number of fused-ring (bicyclic) bond motifs is 5. The number of Topliss-reactive ketones (excluding diaryl/α,β-unsaturated/α-hetero) is 1. The van der Waals surface area contributed by atoms with Crippen LogP contribution in [-0.4, -0.2) is 42.8 Å². The number of methoxy groups -OCH3 is 2. The molecule has 3 aromatic rings. The largest absolute Gasteiger partial charge is 0.493 e. The SMILES string of the molecule is COc1ccc(C(=O)C2C3C(=O)N(c4ccc(Cl)c(C(F)(F)F)c4)C(=O)C3C3c4ccccc4C=CN23)cc1OC. The first kappa shape index (κ1) is 26.9. The molecule has 210 valence electrons. The lowest BCUT2D eigenvalue weighted by molar-refractivity contribution is -0.137. The van der Waals surface area contributed by atoms with E-state index in [1.807, 2.05) is 24.3 Å². The summed E-state index contributed by atoms with van der Waals surface area (Å²) in [5.41, 5.74) is 0.359. The van der Waals surface area contributed by atoms with Crippen molar-refractivity contribution in [2.45, 2.75) is 18.3 Å². The van der Waals surface area contributed by atoms with Crippen LogP contribution >= 0.6 is 11.6 Å². The Morgan fingerprint density at radius 2 is 1.61 bits per heavy atom. The van der Waals surface area contributed by atoms with Gasteiger partial charge in [-0.2, -0.15) is 13.2 Å². The number of halogens is 4. The van der Waals surface area contributed by atoms with Crippen molar-refractivity contribution in [3.63, 3.8) is 0 Å². The third-order valence-electron chi connectivity index (χ3n) is 7.91. The molecule has 6 rings (SSSR count). The lowest BCUT2D eigenvalue weighted by atomic mass is 9.83. The van der Waals surface area contributed by atoms with Crippen LogP contribution in [0, 0.1) is 11.8 Å². The van der Waals surface area contributed by atoms with Crippen LogP contribution < -0.4 is 14.4 Å². The summed E-state index contributed by atoms with van der Waals surface area (Å²) >= 11 is 5.80. The number of imide groups is 1. The summed E-state index contributed by atoms with van der Waals surface area (Å²) in [5, 5.41) is -0.556. The predicted molar refractivity (Wildman–Crippen MR) is 144 cm³/mol. The second-order valence-electron chi connectivity index (χ2n) is 9.94. The van der Waals surface area contributed by atoms with Gasteiger partial charge in [-0.3, -0.25) is 14.4 Å². The molecular weight excluding hydrogens is 561 g/mol. The quantitative estimate of drug-likeness (QED) is 0.281. The highest BCUT2D eigenvalue weighted by Crippen LogP contribution is 2.54. The van der Waals surface area contributed by atoms with Gasteiger partial charge in [-0.25, -0.2) is 4.90 Å². The van der Waals surface area contributed by atoms with Crippen molar-refractivity contribution < 1.29 is 37.0 Å². The number of alkyl halides is 3. The Morgan fingerprint density at radius 1 is 0.902 bits per heavy atom. The number of hydrogen-bond donors (Lipinski definition) is 0. The van der Waals surface area contributed by atoms with E-state index in [2.05, 4.69) is 0 Å². The standard InChI is InChI=1S/C30H22ClF3N2O5/c1-40-21-10-7-16(13-22(21)41-2)27(37)26-24-23(25-18-6-4-3-5-15(18)11-12-35(25)26)28(38)36(29(24)39)17-8-9-20(31)19(14-17)30(32,33)34/h3-14,23-26H,1-2H3. The lowest BCUT2D eigenvalue weighted by Crippen LogP contribution is -2.44. The minimum Gasteiger partial charge on any atom is -0.493 e. The maximum absolute atomic E-state index is 14.1. The van der Waals surface area contributed by atoms with E-state index < -0.39 is 58.3 Å². The Bertz CT molecular complexity index is 1640. The van der Waals surface area contributed by atoms with Gasteiger partial charge in [0.1, 0.15) is 6.04 Å². The minimum atomic E-state index is -4.80. The highest BCUT2D eigenvalue weighted by molar-refractivity contribution is 6.32. The Kier molecular flexibility index (Phi) is 6.33. The molecule has 0 spiro atoms. The molecule has 3 aliphatic heterocycles. The molecule has 7 nitrogen and oxygen atoms in total. The Labute approximate surface area is 237 Å². The van der Waals surface area contributed by atoms with E-state index in [0.717, 1.165) is 22.1 Å².